The Labute approximate surface area is 507 Å². The van der Waals surface area contributed by atoms with E-state index in [4.69, 9.17) is 11.5 Å². The van der Waals surface area contributed by atoms with Gasteiger partial charge in [-0.2, -0.15) is 0 Å². The first-order valence-corrected chi connectivity index (χ1v) is 30.4. The van der Waals surface area contributed by atoms with E-state index in [0.717, 1.165) is 0 Å². The molecule has 0 aromatic heterocycles. The zero-order valence-electron chi connectivity index (χ0n) is 50.7. The molecule has 11 atom stereocenters. The highest BCUT2D eigenvalue weighted by atomic mass is 16.4. The highest BCUT2D eigenvalue weighted by Gasteiger charge is 2.45. The van der Waals surface area contributed by atoms with Crippen LogP contribution in [0.15, 0.2) is 54.6 Å². The van der Waals surface area contributed by atoms with Gasteiger partial charge in [0.15, 0.2) is 0 Å². The number of nitrogens with zero attached hydrogens (tertiary/aromatic N) is 4. The largest absolute Gasteiger partial charge is 0.508 e. The van der Waals surface area contributed by atoms with Crippen molar-refractivity contribution in [1.82, 2.24) is 51.5 Å². The molecule has 6 rings (SSSR count). The van der Waals surface area contributed by atoms with E-state index in [2.05, 4.69) is 31.9 Å². The number of carbonyl (C=O) groups excluding carboxylic acids is 11. The molecule has 0 spiro atoms. The van der Waals surface area contributed by atoms with Gasteiger partial charge in [-0.05, 0) is 98.8 Å². The summed E-state index contributed by atoms with van der Waals surface area (Å²) >= 11 is 0. The van der Waals surface area contributed by atoms with Crippen molar-refractivity contribution in [2.45, 2.75) is 185 Å². The summed E-state index contributed by atoms with van der Waals surface area (Å²) in [6.45, 7) is 11.0. The number of nitrogens with two attached hydrogens (primary N) is 2. The van der Waals surface area contributed by atoms with Crippen LogP contribution in [-0.2, 0) is 70.4 Å². The highest BCUT2D eigenvalue weighted by molar-refractivity contribution is 5.99. The summed E-state index contributed by atoms with van der Waals surface area (Å²) in [5.41, 5.74) is 12.6. The van der Waals surface area contributed by atoms with Gasteiger partial charge in [-0.15, -0.1) is 0 Å². The summed E-state index contributed by atoms with van der Waals surface area (Å²) in [7, 11) is 0. The molecule has 4 aliphatic rings. The number of phenolic OH excluding ortho intramolecular Hbond substituents is 1. The van der Waals surface area contributed by atoms with Gasteiger partial charge in [-0.3, -0.25) is 52.7 Å². The molecular formula is C61H88N12O14. The van der Waals surface area contributed by atoms with Gasteiger partial charge in [0.2, 0.25) is 65.0 Å². The van der Waals surface area contributed by atoms with Crippen LogP contribution < -0.4 is 43.4 Å². The van der Waals surface area contributed by atoms with E-state index >= 15 is 0 Å². The fourth-order valence-electron chi connectivity index (χ4n) is 11.9. The number of primary amides is 1. The second kappa shape index (κ2) is 31.5. The molecule has 26 heteroatoms. The molecule has 4 saturated heterocycles. The minimum atomic E-state index is -1.61. The molecule has 0 saturated carbocycles. The van der Waals surface area contributed by atoms with Crippen LogP contribution in [0.5, 0.6) is 5.75 Å². The average molecular weight is 1210 g/mol. The maximum Gasteiger partial charge on any atom is 0.326 e. The van der Waals surface area contributed by atoms with E-state index < -0.39 is 156 Å². The lowest BCUT2D eigenvalue weighted by Gasteiger charge is -2.33. The number of aliphatic carboxylic acids is 1. The number of carboxylic acids is 1. The first kappa shape index (κ1) is 68.0. The smallest absolute Gasteiger partial charge is 0.326 e. The molecule has 2 aromatic rings. The SMILES string of the molecule is CC[C@H](C)[C@H](NC(=O)[C@@H]1CCCN1C(=O)CNC(=O)[C@@H]1CCCN1C(=O)[C@H](Cc1ccccc1)NC(=O)[C@@H]1CCCN1C(=O)[C@H](Cc1ccc(O)cc1)NC(=O)[C@@H](NC(=O)[C@@H](N)CC(C)C)C(C)C)C(=O)N1CCC[C@H]1C(=O)N[C@@H](CC(N)=O)C(=O)O. The molecule has 0 bridgehead atoms. The predicted molar refractivity (Wildman–Crippen MR) is 317 cm³/mol. The Hall–Kier alpha value is -8.16. The summed E-state index contributed by atoms with van der Waals surface area (Å²) in [5, 5.41) is 35.9. The van der Waals surface area contributed by atoms with Crippen LogP contribution in [0.25, 0.3) is 0 Å². The maximum atomic E-state index is 14.8. The van der Waals surface area contributed by atoms with E-state index in [9.17, 15) is 67.7 Å². The number of hydrogen-bond acceptors (Lipinski definition) is 14. The molecule has 87 heavy (non-hydrogen) atoms. The zero-order valence-corrected chi connectivity index (χ0v) is 50.7. The fourth-order valence-corrected chi connectivity index (χ4v) is 11.9. The zero-order chi connectivity index (χ0) is 63.8. The number of carboxylic acid groups (broad SMARTS) is 1. The number of amides is 11. The summed E-state index contributed by atoms with van der Waals surface area (Å²) in [4.78, 5) is 170. The Morgan fingerprint density at radius 1 is 0.552 bits per heavy atom. The molecule has 0 aliphatic carbocycles. The van der Waals surface area contributed by atoms with E-state index in [1.165, 1.54) is 31.7 Å². The standard InChI is InChI=1S/C61H88N12O14/c1-7-36(6)51(60(85)73-28-14-20-47(73)55(80)67-43(61(86)87)32-48(63)75)69-56(81)45-18-11-25-70(45)49(76)33-64-53(78)44-17-12-26-71(44)58(83)41(30-37-15-9-8-10-16-37)65-54(79)46-19-13-27-72(46)59(84)42(31-38-21-23-39(74)24-22-38)66-57(82)50(35(4)5)68-52(77)40(62)29-34(2)3/h8-10,15-16,21-24,34-36,40-47,50-51,74H,7,11-14,17-20,25-33,62H2,1-6H3,(H2,63,75)(H,64,78)(H,65,79)(H,66,82)(H,67,80)(H,68,77)(H,69,81)(H,86,87)/t36-,40-,41-,42-,43-,44-,45-,46-,47-,50-,51-/m0/s1. The number of hydrogen-bond donors (Lipinski definition) is 10. The number of carbonyl (C=O) groups is 12. The summed E-state index contributed by atoms with van der Waals surface area (Å²) in [6, 6.07) is 3.66. The minimum Gasteiger partial charge on any atom is -0.508 e. The third-order valence-corrected chi connectivity index (χ3v) is 16.8. The molecule has 4 heterocycles. The van der Waals surface area contributed by atoms with Gasteiger partial charge in [-0.1, -0.05) is 90.4 Å². The third kappa shape index (κ3) is 18.2. The number of nitrogens with one attached hydrogen (secondary N) is 6. The van der Waals surface area contributed by atoms with Crippen molar-refractivity contribution in [3.63, 3.8) is 0 Å². The molecule has 0 unspecified atom stereocenters. The molecule has 26 nitrogen and oxygen atoms in total. The minimum absolute atomic E-state index is 0.0133. The molecule has 11 amide bonds. The monoisotopic (exact) mass is 1210 g/mol. The van der Waals surface area contributed by atoms with E-state index in [-0.39, 0.29) is 76.4 Å². The van der Waals surface area contributed by atoms with Gasteiger partial charge in [0.1, 0.15) is 60.1 Å². The lowest BCUT2D eigenvalue weighted by atomic mass is 9.96. The van der Waals surface area contributed by atoms with Crippen LogP contribution in [0.2, 0.25) is 0 Å². The molecule has 0 radical (unpaired) electrons. The molecule has 4 aliphatic heterocycles. The van der Waals surface area contributed by atoms with Gasteiger partial charge in [0.25, 0.3) is 0 Å². The molecule has 2 aromatic carbocycles. The number of phenols is 1. The van der Waals surface area contributed by atoms with Crippen molar-refractivity contribution >= 4 is 70.9 Å². The number of rotatable bonds is 28. The summed E-state index contributed by atoms with van der Waals surface area (Å²) < 4.78 is 0. The van der Waals surface area contributed by atoms with Crippen molar-refractivity contribution in [2.24, 2.45) is 29.2 Å². The first-order valence-electron chi connectivity index (χ1n) is 30.4. The highest BCUT2D eigenvalue weighted by Crippen LogP contribution is 2.26. The second-order valence-corrected chi connectivity index (χ2v) is 24.1. The first-order chi connectivity index (χ1) is 41.3. The van der Waals surface area contributed by atoms with Crippen LogP contribution >= 0.6 is 0 Å². The van der Waals surface area contributed by atoms with Gasteiger partial charge in [-0.25, -0.2) is 4.79 Å². The molecular weight excluding hydrogens is 1120 g/mol. The summed E-state index contributed by atoms with van der Waals surface area (Å²) in [6.07, 6.45) is 2.71. The van der Waals surface area contributed by atoms with Crippen LogP contribution in [0.4, 0.5) is 0 Å². The Morgan fingerprint density at radius 2 is 1.01 bits per heavy atom. The quantitative estimate of drug-likeness (QED) is 0.0524. The van der Waals surface area contributed by atoms with E-state index in [1.54, 1.807) is 63.2 Å². The normalized spacial score (nSPS) is 20.8. The van der Waals surface area contributed by atoms with Crippen molar-refractivity contribution in [3.8, 4) is 5.75 Å². The van der Waals surface area contributed by atoms with Gasteiger partial charge >= 0.3 is 5.97 Å². The molecule has 476 valence electrons. The lowest BCUT2D eigenvalue weighted by molar-refractivity contribution is -0.146. The van der Waals surface area contributed by atoms with Crippen LogP contribution in [0, 0.1) is 17.8 Å². The van der Waals surface area contributed by atoms with Crippen molar-refractivity contribution in [1.29, 1.82) is 0 Å². The van der Waals surface area contributed by atoms with Crippen LogP contribution in [0.1, 0.15) is 123 Å². The Balaban J connectivity index is 1.12. The average Bonchev–Trinajstić information content (AvgIpc) is 2.97. The van der Waals surface area contributed by atoms with E-state index in [0.29, 0.717) is 49.7 Å². The Morgan fingerprint density at radius 3 is 1.51 bits per heavy atom. The van der Waals surface area contributed by atoms with Crippen molar-refractivity contribution in [3.05, 3.63) is 65.7 Å². The number of likely N-dealkylation sites (tertiary alicyclic amines) is 4. The topological polar surface area (TPSA) is 382 Å². The summed E-state index contributed by atoms with van der Waals surface area (Å²) in [5.74, 6) is -9.34. The predicted octanol–water partition coefficient (Wildman–Crippen LogP) is -0.283. The van der Waals surface area contributed by atoms with Gasteiger partial charge in [0, 0.05) is 39.0 Å². The molecule has 4 fully saturated rings. The third-order valence-electron chi connectivity index (χ3n) is 16.8. The van der Waals surface area contributed by atoms with Crippen molar-refractivity contribution < 1.29 is 67.7 Å². The van der Waals surface area contributed by atoms with E-state index in [1.807, 2.05) is 20.8 Å². The van der Waals surface area contributed by atoms with Gasteiger partial charge in [0.05, 0.1) is 19.0 Å². The Kier molecular flexibility index (Phi) is 24.6. The number of aromatic hydroxyl groups is 1. The van der Waals surface area contributed by atoms with Crippen LogP contribution in [0.3, 0.4) is 0 Å². The lowest BCUT2D eigenvalue weighted by Crippen LogP contribution is -2.60. The second-order valence-electron chi connectivity index (χ2n) is 24.1. The number of benzene rings is 2. The Bertz CT molecular complexity index is 2820. The van der Waals surface area contributed by atoms with Gasteiger partial charge < -0.3 is 73.2 Å². The van der Waals surface area contributed by atoms with Crippen molar-refractivity contribution in [2.75, 3.05) is 32.7 Å². The van der Waals surface area contributed by atoms with Crippen LogP contribution in [-0.4, -0.2) is 194 Å². The molecule has 12 N–H and O–H groups in total. The fraction of sp³-hybridized carbons (Fsp3) is 0.607. The maximum absolute atomic E-state index is 14.8.